The quantitative estimate of drug-likeness (QED) is 0.764. The predicted molar refractivity (Wildman–Crippen MR) is 64.3 cm³/mol. The Kier molecular flexibility index (Phi) is 2.83. The highest BCUT2D eigenvalue weighted by Crippen LogP contribution is 2.26. The second kappa shape index (κ2) is 4.14. The summed E-state index contributed by atoms with van der Waals surface area (Å²) < 4.78 is 14.4. The van der Waals surface area contributed by atoms with Crippen LogP contribution in [0.2, 0.25) is 0 Å². The van der Waals surface area contributed by atoms with E-state index in [1.54, 1.807) is 12.3 Å². The Bertz CT molecular complexity index is 567. The molecule has 0 unspecified atom stereocenters. The first-order valence-corrected chi connectivity index (χ1v) is 5.30. The number of aromatic nitrogens is 2. The standard InChI is InChI=1S/C12H11FN2S/c1-7-3-8(2)12(10(13)4-7)9-5-11(16)15-14-6-9/h3-6H,1-2H3,(H,15,16). The molecule has 0 aliphatic carbocycles. The van der Waals surface area contributed by atoms with Gasteiger partial charge in [0.05, 0.1) is 6.20 Å². The highest BCUT2D eigenvalue weighted by molar-refractivity contribution is 7.71. The summed E-state index contributed by atoms with van der Waals surface area (Å²) >= 11 is 4.97. The number of aryl methyl sites for hydroxylation is 2. The third-order valence-corrected chi connectivity index (χ3v) is 2.59. The van der Waals surface area contributed by atoms with Crippen LogP contribution in [-0.4, -0.2) is 10.2 Å². The maximum Gasteiger partial charge on any atom is 0.131 e. The number of nitrogens with one attached hydrogen (secondary N) is 1. The average Bonchev–Trinajstić information content (AvgIpc) is 2.15. The first-order chi connectivity index (χ1) is 7.58. The molecule has 1 aromatic heterocycles. The molecule has 2 rings (SSSR count). The van der Waals surface area contributed by atoms with E-state index in [4.69, 9.17) is 12.2 Å². The van der Waals surface area contributed by atoms with Crippen LogP contribution < -0.4 is 0 Å². The molecule has 1 N–H and O–H groups in total. The highest BCUT2D eigenvalue weighted by atomic mass is 32.1. The van der Waals surface area contributed by atoms with Crippen molar-refractivity contribution in [3.8, 4) is 11.1 Å². The second-order valence-electron chi connectivity index (χ2n) is 3.77. The molecule has 0 bridgehead atoms. The van der Waals surface area contributed by atoms with E-state index in [0.29, 0.717) is 15.8 Å². The van der Waals surface area contributed by atoms with Crippen molar-refractivity contribution >= 4 is 12.2 Å². The second-order valence-corrected chi connectivity index (χ2v) is 4.21. The summed E-state index contributed by atoms with van der Waals surface area (Å²) in [6.07, 6.45) is 1.58. The van der Waals surface area contributed by atoms with Crippen molar-refractivity contribution < 1.29 is 4.39 Å². The minimum absolute atomic E-state index is 0.236. The third kappa shape index (κ3) is 2.02. The molecule has 0 spiro atoms. The van der Waals surface area contributed by atoms with Crippen molar-refractivity contribution in [2.45, 2.75) is 13.8 Å². The van der Waals surface area contributed by atoms with Crippen molar-refractivity contribution in [3.05, 3.63) is 46.0 Å². The molecule has 0 amide bonds. The molecule has 2 nitrogen and oxygen atoms in total. The Morgan fingerprint density at radius 3 is 2.62 bits per heavy atom. The van der Waals surface area contributed by atoms with Crippen LogP contribution in [0.3, 0.4) is 0 Å². The average molecular weight is 234 g/mol. The van der Waals surface area contributed by atoms with Crippen molar-refractivity contribution in [1.29, 1.82) is 0 Å². The summed E-state index contributed by atoms with van der Waals surface area (Å²) in [5.74, 6) is -0.236. The lowest BCUT2D eigenvalue weighted by atomic mass is 10.00. The third-order valence-electron chi connectivity index (χ3n) is 2.39. The van der Waals surface area contributed by atoms with E-state index in [1.807, 2.05) is 19.9 Å². The van der Waals surface area contributed by atoms with E-state index >= 15 is 0 Å². The summed E-state index contributed by atoms with van der Waals surface area (Å²) in [5, 5.41) is 6.50. The monoisotopic (exact) mass is 234 g/mol. The van der Waals surface area contributed by atoms with Gasteiger partial charge in [0.2, 0.25) is 0 Å². The van der Waals surface area contributed by atoms with E-state index in [-0.39, 0.29) is 5.82 Å². The van der Waals surface area contributed by atoms with Crippen molar-refractivity contribution in [3.63, 3.8) is 0 Å². The zero-order chi connectivity index (χ0) is 11.7. The van der Waals surface area contributed by atoms with Crippen molar-refractivity contribution in [2.24, 2.45) is 0 Å². The van der Waals surface area contributed by atoms with Crippen LogP contribution in [0.1, 0.15) is 11.1 Å². The van der Waals surface area contributed by atoms with Crippen LogP contribution in [-0.2, 0) is 0 Å². The molecule has 0 aliphatic heterocycles. The van der Waals surface area contributed by atoms with Crippen molar-refractivity contribution in [1.82, 2.24) is 10.2 Å². The molecule has 0 aliphatic rings. The van der Waals surface area contributed by atoms with E-state index < -0.39 is 0 Å². The maximum atomic E-state index is 13.9. The fourth-order valence-electron chi connectivity index (χ4n) is 1.79. The molecular weight excluding hydrogens is 223 g/mol. The Hall–Kier alpha value is -1.55. The SMILES string of the molecule is Cc1cc(C)c(-c2cn[nH]c(=S)c2)c(F)c1. The summed E-state index contributed by atoms with van der Waals surface area (Å²) in [4.78, 5) is 0. The molecule has 0 atom stereocenters. The smallest absolute Gasteiger partial charge is 0.131 e. The molecular formula is C12H11FN2S. The van der Waals surface area contributed by atoms with Crippen LogP contribution in [0.4, 0.5) is 4.39 Å². The molecule has 2 aromatic rings. The Morgan fingerprint density at radius 1 is 1.25 bits per heavy atom. The lowest BCUT2D eigenvalue weighted by molar-refractivity contribution is 0.629. The van der Waals surface area contributed by atoms with Crippen LogP contribution in [0.25, 0.3) is 11.1 Å². The van der Waals surface area contributed by atoms with Gasteiger partial charge in [-0.1, -0.05) is 18.3 Å². The lowest BCUT2D eigenvalue weighted by Gasteiger charge is -2.08. The van der Waals surface area contributed by atoms with Gasteiger partial charge in [-0.25, -0.2) is 4.39 Å². The fraction of sp³-hybridized carbons (Fsp3) is 0.167. The zero-order valence-electron chi connectivity index (χ0n) is 9.04. The molecule has 0 radical (unpaired) electrons. The molecule has 1 aromatic carbocycles. The Labute approximate surface area is 98.2 Å². The minimum atomic E-state index is -0.236. The maximum absolute atomic E-state index is 13.9. The minimum Gasteiger partial charge on any atom is -0.268 e. The summed E-state index contributed by atoms with van der Waals surface area (Å²) in [7, 11) is 0. The zero-order valence-corrected chi connectivity index (χ0v) is 9.86. The molecule has 0 saturated heterocycles. The summed E-state index contributed by atoms with van der Waals surface area (Å²) in [5.41, 5.74) is 3.07. The van der Waals surface area contributed by atoms with Crippen molar-refractivity contribution in [2.75, 3.05) is 0 Å². The number of nitrogens with zero attached hydrogens (tertiary/aromatic N) is 1. The topological polar surface area (TPSA) is 28.7 Å². The van der Waals surface area contributed by atoms with Gasteiger partial charge in [0.1, 0.15) is 10.5 Å². The number of benzene rings is 1. The van der Waals surface area contributed by atoms with Gasteiger partial charge in [-0.3, -0.25) is 5.10 Å². The molecule has 16 heavy (non-hydrogen) atoms. The normalized spacial score (nSPS) is 10.4. The van der Waals surface area contributed by atoms with Gasteiger partial charge >= 0.3 is 0 Å². The van der Waals surface area contributed by atoms with Gasteiger partial charge in [-0.05, 0) is 37.1 Å². The predicted octanol–water partition coefficient (Wildman–Crippen LogP) is 3.56. The first kappa shape index (κ1) is 11.0. The van der Waals surface area contributed by atoms with Gasteiger partial charge in [-0.15, -0.1) is 0 Å². The number of hydrogen-bond donors (Lipinski definition) is 1. The molecule has 4 heteroatoms. The number of aromatic amines is 1. The number of hydrogen-bond acceptors (Lipinski definition) is 2. The largest absolute Gasteiger partial charge is 0.268 e. The van der Waals surface area contributed by atoms with Gasteiger partial charge < -0.3 is 0 Å². The Morgan fingerprint density at radius 2 is 2.00 bits per heavy atom. The number of rotatable bonds is 1. The van der Waals surface area contributed by atoms with E-state index in [1.165, 1.54) is 6.07 Å². The number of H-pyrrole nitrogens is 1. The highest BCUT2D eigenvalue weighted by Gasteiger charge is 2.09. The van der Waals surface area contributed by atoms with Gasteiger partial charge in [0.25, 0.3) is 0 Å². The first-order valence-electron chi connectivity index (χ1n) is 4.90. The van der Waals surface area contributed by atoms with Crippen LogP contribution in [0.15, 0.2) is 24.4 Å². The summed E-state index contributed by atoms with van der Waals surface area (Å²) in [6.45, 7) is 3.75. The summed E-state index contributed by atoms with van der Waals surface area (Å²) in [6, 6.07) is 5.17. The van der Waals surface area contributed by atoms with E-state index in [0.717, 1.165) is 11.1 Å². The van der Waals surface area contributed by atoms with Crippen LogP contribution >= 0.6 is 12.2 Å². The molecule has 0 saturated carbocycles. The van der Waals surface area contributed by atoms with E-state index in [9.17, 15) is 4.39 Å². The number of halogens is 1. The van der Waals surface area contributed by atoms with Gasteiger partial charge in [0, 0.05) is 11.1 Å². The molecule has 1 heterocycles. The molecule has 82 valence electrons. The van der Waals surface area contributed by atoms with E-state index in [2.05, 4.69) is 10.2 Å². The molecule has 0 fully saturated rings. The van der Waals surface area contributed by atoms with Crippen LogP contribution in [0, 0.1) is 24.3 Å². The van der Waals surface area contributed by atoms with Gasteiger partial charge in [-0.2, -0.15) is 5.10 Å². The fourth-order valence-corrected chi connectivity index (χ4v) is 1.97. The van der Waals surface area contributed by atoms with Gasteiger partial charge in [0.15, 0.2) is 0 Å². The lowest BCUT2D eigenvalue weighted by Crippen LogP contribution is -1.92. The van der Waals surface area contributed by atoms with Crippen LogP contribution in [0.5, 0.6) is 0 Å². The Balaban J connectivity index is 2.69.